The van der Waals surface area contributed by atoms with Gasteiger partial charge >= 0.3 is 12.4 Å². The number of nitrogens with zero attached hydrogens (tertiary/aromatic N) is 2. The molecule has 1 saturated carbocycles. The molecule has 0 bridgehead atoms. The summed E-state index contributed by atoms with van der Waals surface area (Å²) in [6.07, 6.45) is -3.68. The van der Waals surface area contributed by atoms with Crippen molar-refractivity contribution < 1.29 is 47.0 Å². The number of rotatable bonds is 5. The monoisotopic (exact) mass is 674 g/mol. The van der Waals surface area contributed by atoms with E-state index in [0.717, 1.165) is 28.8 Å². The van der Waals surface area contributed by atoms with Crippen molar-refractivity contribution in [3.8, 4) is 11.5 Å². The molecule has 3 aromatic carbocycles. The average Bonchev–Trinajstić information content (AvgIpc) is 3.44. The average molecular weight is 675 g/mol. The smallest absolute Gasteiger partial charge is 0.508 e. The summed E-state index contributed by atoms with van der Waals surface area (Å²) in [5.74, 6) is -9.94. The fourth-order valence-electron chi connectivity index (χ4n) is 8.27. The third-order valence-corrected chi connectivity index (χ3v) is 10.2. The van der Waals surface area contributed by atoms with Gasteiger partial charge in [-0.05, 0) is 61.6 Å². The van der Waals surface area contributed by atoms with Crippen LogP contribution in [0.3, 0.4) is 0 Å². The number of likely N-dealkylation sites (tertiary alicyclic amines) is 1. The first kappa shape index (κ1) is 31.9. The number of hydrogen-bond acceptors (Lipinski definition) is 8. The third-order valence-electron chi connectivity index (χ3n) is 10.2. The molecule has 4 aliphatic rings. The lowest BCUT2D eigenvalue weighted by molar-refractivity contribution is -0.274. The Morgan fingerprint density at radius 2 is 1.65 bits per heavy atom. The number of hydrogen-bond donors (Lipinski definition) is 3. The minimum absolute atomic E-state index is 0.0656. The highest BCUT2D eigenvalue weighted by atomic mass is 19.4. The van der Waals surface area contributed by atoms with Gasteiger partial charge < -0.3 is 15.6 Å². The molecule has 2 aliphatic heterocycles. The van der Waals surface area contributed by atoms with Gasteiger partial charge in [-0.3, -0.25) is 24.6 Å². The third kappa shape index (κ3) is 4.84. The second-order valence-electron chi connectivity index (χ2n) is 12.7. The molecule has 14 heteroatoms. The number of phenolic OH excluding ortho intramolecular Hbond substituents is 1. The van der Waals surface area contributed by atoms with Crippen LogP contribution in [0.15, 0.2) is 84.4 Å². The van der Waals surface area contributed by atoms with Crippen LogP contribution in [0.25, 0.3) is 0 Å². The molecule has 0 aromatic heterocycles. The van der Waals surface area contributed by atoms with Gasteiger partial charge in [0.25, 0.3) is 11.8 Å². The maximum atomic E-state index is 15.0. The van der Waals surface area contributed by atoms with E-state index in [2.05, 4.69) is 10.2 Å². The second-order valence-corrected chi connectivity index (χ2v) is 12.7. The van der Waals surface area contributed by atoms with Crippen molar-refractivity contribution in [3.63, 3.8) is 0 Å². The first-order chi connectivity index (χ1) is 23.2. The van der Waals surface area contributed by atoms with Crippen molar-refractivity contribution in [3.05, 3.63) is 101 Å². The number of urea groups is 1. The highest BCUT2D eigenvalue weighted by Gasteiger charge is 2.71. The Hall–Kier alpha value is -5.66. The van der Waals surface area contributed by atoms with Gasteiger partial charge in [-0.2, -0.15) is 9.91 Å². The zero-order valence-corrected chi connectivity index (χ0v) is 25.8. The fraction of sp³-hybridized carbons (Fsp3) is 0.286. The van der Waals surface area contributed by atoms with Gasteiger partial charge in [0.2, 0.25) is 11.8 Å². The highest BCUT2D eigenvalue weighted by Crippen LogP contribution is 2.65. The van der Waals surface area contributed by atoms with Gasteiger partial charge in [0, 0.05) is 11.5 Å². The maximum absolute atomic E-state index is 15.0. The molecule has 49 heavy (non-hydrogen) atoms. The summed E-state index contributed by atoms with van der Waals surface area (Å²) in [4.78, 5) is 69.1. The van der Waals surface area contributed by atoms with E-state index in [9.17, 15) is 37.5 Å². The lowest BCUT2D eigenvalue weighted by Gasteiger charge is -2.50. The van der Waals surface area contributed by atoms with E-state index in [1.54, 1.807) is 60.7 Å². The van der Waals surface area contributed by atoms with Crippen LogP contribution in [-0.2, 0) is 24.6 Å². The molecule has 0 spiro atoms. The minimum Gasteiger partial charge on any atom is -0.508 e. The van der Waals surface area contributed by atoms with Gasteiger partial charge in [0.15, 0.2) is 0 Å². The number of alkyl halides is 3. The Morgan fingerprint density at radius 3 is 2.31 bits per heavy atom. The van der Waals surface area contributed by atoms with E-state index in [0.29, 0.717) is 21.7 Å². The Morgan fingerprint density at radius 1 is 0.959 bits per heavy atom. The van der Waals surface area contributed by atoms with Crippen molar-refractivity contribution >= 4 is 35.3 Å². The normalized spacial score (nSPS) is 27.8. The molecular formula is C35H29F3N4O7. The van der Waals surface area contributed by atoms with E-state index >= 15 is 4.79 Å². The number of nitrogens with one attached hydrogen (secondary N) is 1. The number of amides is 6. The van der Waals surface area contributed by atoms with Crippen LogP contribution >= 0.6 is 0 Å². The summed E-state index contributed by atoms with van der Waals surface area (Å²) in [5, 5.41) is 12.2. The van der Waals surface area contributed by atoms with Gasteiger partial charge in [-0.1, -0.05) is 59.7 Å². The van der Waals surface area contributed by atoms with E-state index in [1.807, 2.05) is 6.92 Å². The Kier molecular flexibility index (Phi) is 7.30. The largest absolute Gasteiger partial charge is 0.573 e. The number of nitrogens with two attached hydrogens (primary N) is 1. The zero-order valence-electron chi connectivity index (χ0n) is 25.8. The predicted octanol–water partition coefficient (Wildman–Crippen LogP) is 4.66. The van der Waals surface area contributed by atoms with Crippen LogP contribution in [-0.4, -0.2) is 51.0 Å². The van der Waals surface area contributed by atoms with Gasteiger partial charge in [-0.15, -0.1) is 13.2 Å². The van der Waals surface area contributed by atoms with Crippen LogP contribution in [0.5, 0.6) is 11.5 Å². The van der Waals surface area contributed by atoms with Crippen LogP contribution < -0.4 is 15.9 Å². The lowest BCUT2D eigenvalue weighted by atomic mass is 9.49. The van der Waals surface area contributed by atoms with Gasteiger partial charge in [-0.25, -0.2) is 4.79 Å². The molecule has 2 aliphatic carbocycles. The number of phenols is 1. The standard InChI is InChI=1S/C35H29F3N4O7/c1-17-7-9-19(10-8-17)40-42-30(45)25-16-23-21(12-13-22-27(23)31(46)41(29(22)44)33(39)48)28(34(25,32(42)47)18-5-3-2-4-6-18)24-15-20(11-14-26(24)43)49-35(36,37)38/h2-12,14-15,22-23,25,27-28,40,43H,13,16H2,1H3,(H2,39,48). The van der Waals surface area contributed by atoms with E-state index in [-0.39, 0.29) is 18.4 Å². The summed E-state index contributed by atoms with van der Waals surface area (Å²) in [6, 6.07) is 16.8. The number of carbonyl (C=O) groups excluding carboxylic acids is 5. The quantitative estimate of drug-likeness (QED) is 0.260. The number of fused-ring (bicyclic) bond motifs is 4. The molecule has 0 radical (unpaired) electrons. The number of halogens is 3. The van der Waals surface area contributed by atoms with Crippen LogP contribution in [0, 0.1) is 30.6 Å². The first-order valence-corrected chi connectivity index (χ1v) is 15.5. The van der Waals surface area contributed by atoms with Crippen LogP contribution in [0.1, 0.15) is 35.4 Å². The van der Waals surface area contributed by atoms with Crippen molar-refractivity contribution in [1.29, 1.82) is 0 Å². The van der Waals surface area contributed by atoms with Crippen molar-refractivity contribution in [2.45, 2.75) is 37.5 Å². The summed E-state index contributed by atoms with van der Waals surface area (Å²) >= 11 is 0. The molecule has 2 saturated heterocycles. The first-order valence-electron chi connectivity index (χ1n) is 15.5. The number of hydrazine groups is 1. The van der Waals surface area contributed by atoms with E-state index in [4.69, 9.17) is 5.73 Å². The van der Waals surface area contributed by atoms with Crippen LogP contribution in [0.4, 0.5) is 23.7 Å². The van der Waals surface area contributed by atoms with Crippen molar-refractivity contribution in [1.82, 2.24) is 9.91 Å². The number of imide groups is 4. The van der Waals surface area contributed by atoms with Gasteiger partial charge in [0.1, 0.15) is 11.5 Å². The summed E-state index contributed by atoms with van der Waals surface area (Å²) < 4.78 is 44.5. The number of aromatic hydroxyl groups is 1. The molecule has 3 fully saturated rings. The minimum atomic E-state index is -5.09. The van der Waals surface area contributed by atoms with Gasteiger partial charge in [0.05, 0.1) is 28.9 Å². The molecule has 4 N–H and O–H groups in total. The molecular weight excluding hydrogens is 645 g/mol. The summed E-state index contributed by atoms with van der Waals surface area (Å²) in [7, 11) is 0. The molecule has 6 amide bonds. The Labute approximate surface area is 277 Å². The van der Waals surface area contributed by atoms with E-state index < -0.39 is 82.5 Å². The SMILES string of the molecule is Cc1ccc(NN2C(=O)C3CC4C(=CCC5C(=O)N(C(N)=O)C(=O)C54)C(c4cc(OC(F)(F)F)ccc4O)C3(c3ccccc3)C2=O)cc1. The molecule has 7 rings (SSSR count). The number of anilines is 1. The second kappa shape index (κ2) is 11.2. The lowest BCUT2D eigenvalue weighted by Crippen LogP contribution is -2.53. The summed E-state index contributed by atoms with van der Waals surface area (Å²) in [6.45, 7) is 1.86. The molecule has 3 aromatic rings. The van der Waals surface area contributed by atoms with Crippen molar-refractivity contribution in [2.75, 3.05) is 5.43 Å². The summed E-state index contributed by atoms with van der Waals surface area (Å²) in [5.41, 5.74) is 8.31. The molecule has 252 valence electrons. The van der Waals surface area contributed by atoms with E-state index in [1.165, 1.54) is 0 Å². The molecule has 11 nitrogen and oxygen atoms in total. The predicted molar refractivity (Wildman–Crippen MR) is 165 cm³/mol. The number of aryl methyl sites for hydroxylation is 1. The maximum Gasteiger partial charge on any atom is 0.573 e. The number of allylic oxidation sites excluding steroid dienone is 2. The number of ether oxygens (including phenoxy) is 1. The highest BCUT2D eigenvalue weighted by molar-refractivity contribution is 6.17. The Balaban J connectivity index is 1.48. The number of primary amides is 1. The van der Waals surface area contributed by atoms with Crippen molar-refractivity contribution in [2.24, 2.45) is 29.4 Å². The Bertz CT molecular complexity index is 1950. The molecule has 6 unspecified atom stereocenters. The molecule has 6 atom stereocenters. The zero-order chi connectivity index (χ0) is 35.0. The number of carbonyl (C=O) groups is 5. The fourth-order valence-corrected chi connectivity index (χ4v) is 8.27. The number of benzene rings is 3. The molecule has 2 heterocycles. The topological polar surface area (TPSA) is 159 Å². The van der Waals surface area contributed by atoms with Crippen LogP contribution in [0.2, 0.25) is 0 Å².